The van der Waals surface area contributed by atoms with E-state index in [2.05, 4.69) is 20.6 Å². The molecule has 3 N–H and O–H groups in total. The van der Waals surface area contributed by atoms with Gasteiger partial charge in [0.1, 0.15) is 5.82 Å². The fraction of sp³-hybridized carbons (Fsp3) is 0.286. The molecule has 3 aromatic rings. The smallest absolute Gasteiger partial charge is 0.243 e. The van der Waals surface area contributed by atoms with E-state index in [-0.39, 0.29) is 29.4 Å². The number of para-hydroxylation sites is 2. The van der Waals surface area contributed by atoms with Gasteiger partial charge in [0, 0.05) is 5.69 Å². The van der Waals surface area contributed by atoms with Gasteiger partial charge in [-0.25, -0.2) is 4.98 Å². The Bertz CT molecular complexity index is 966. The highest BCUT2D eigenvalue weighted by molar-refractivity contribution is 8.00. The maximum absolute atomic E-state index is 12.1. The van der Waals surface area contributed by atoms with Crippen molar-refractivity contribution in [2.45, 2.75) is 26.0 Å². The number of aryl methyl sites for hydroxylation is 1. The molecular weight excluding hydrogens is 372 g/mol. The summed E-state index contributed by atoms with van der Waals surface area (Å²) in [6, 6.07) is 13.6. The van der Waals surface area contributed by atoms with Crippen LogP contribution in [-0.2, 0) is 9.59 Å². The van der Waals surface area contributed by atoms with Crippen LogP contribution in [0.25, 0.3) is 11.0 Å². The molecule has 2 amide bonds. The van der Waals surface area contributed by atoms with Crippen molar-refractivity contribution >= 4 is 40.3 Å². The van der Waals surface area contributed by atoms with E-state index < -0.39 is 0 Å². The average molecular weight is 397 g/mol. The fourth-order valence-electron chi connectivity index (χ4n) is 2.76. The van der Waals surface area contributed by atoms with Crippen LogP contribution in [0.2, 0.25) is 0 Å². The molecule has 0 radical (unpaired) electrons. The molecule has 1 heterocycles. The van der Waals surface area contributed by atoms with Crippen molar-refractivity contribution in [2.75, 3.05) is 17.6 Å². The number of rotatable bonds is 7. The number of anilines is 1. The zero-order chi connectivity index (χ0) is 20.1. The SMILES string of the molecule is Cc1cccc(NC(=O)CNC(=O)CS[C@H](C)c2nc3ccccc3[nH]2)c1C. The van der Waals surface area contributed by atoms with Gasteiger partial charge in [-0.1, -0.05) is 24.3 Å². The van der Waals surface area contributed by atoms with E-state index in [0.717, 1.165) is 33.7 Å². The van der Waals surface area contributed by atoms with Crippen LogP contribution in [0.15, 0.2) is 42.5 Å². The molecule has 7 heteroatoms. The number of amides is 2. The summed E-state index contributed by atoms with van der Waals surface area (Å²) < 4.78 is 0. The Kier molecular flexibility index (Phi) is 6.36. The molecule has 146 valence electrons. The number of aromatic nitrogens is 2. The lowest BCUT2D eigenvalue weighted by molar-refractivity contribution is -0.122. The number of fused-ring (bicyclic) bond motifs is 1. The Morgan fingerprint density at radius 1 is 1.11 bits per heavy atom. The predicted octanol–water partition coefficient (Wildman–Crippen LogP) is 3.73. The van der Waals surface area contributed by atoms with Crippen molar-refractivity contribution in [2.24, 2.45) is 0 Å². The summed E-state index contributed by atoms with van der Waals surface area (Å²) in [5, 5.41) is 5.55. The molecule has 0 saturated carbocycles. The summed E-state index contributed by atoms with van der Waals surface area (Å²) in [4.78, 5) is 32.0. The number of hydrogen-bond donors (Lipinski definition) is 3. The minimum Gasteiger partial charge on any atom is -0.346 e. The minimum atomic E-state index is -0.239. The van der Waals surface area contributed by atoms with Crippen molar-refractivity contribution in [1.29, 1.82) is 0 Å². The lowest BCUT2D eigenvalue weighted by Crippen LogP contribution is -2.34. The van der Waals surface area contributed by atoms with Gasteiger partial charge in [0.15, 0.2) is 0 Å². The highest BCUT2D eigenvalue weighted by Gasteiger charge is 2.14. The maximum Gasteiger partial charge on any atom is 0.243 e. The molecule has 0 saturated heterocycles. The Hall–Kier alpha value is -2.80. The first-order chi connectivity index (χ1) is 13.4. The van der Waals surface area contributed by atoms with Gasteiger partial charge in [-0.2, -0.15) is 0 Å². The molecule has 0 bridgehead atoms. The van der Waals surface area contributed by atoms with E-state index in [1.807, 2.05) is 63.2 Å². The largest absolute Gasteiger partial charge is 0.346 e. The van der Waals surface area contributed by atoms with Crippen molar-refractivity contribution in [3.63, 3.8) is 0 Å². The quantitative estimate of drug-likeness (QED) is 0.568. The predicted molar refractivity (Wildman–Crippen MR) is 115 cm³/mol. The molecule has 1 aromatic heterocycles. The Labute approximate surface area is 168 Å². The number of H-pyrrole nitrogens is 1. The number of aromatic amines is 1. The molecule has 3 rings (SSSR count). The van der Waals surface area contributed by atoms with Crippen molar-refractivity contribution in [3.05, 3.63) is 59.4 Å². The zero-order valence-electron chi connectivity index (χ0n) is 16.2. The molecule has 0 spiro atoms. The van der Waals surface area contributed by atoms with Gasteiger partial charge in [-0.15, -0.1) is 11.8 Å². The van der Waals surface area contributed by atoms with E-state index >= 15 is 0 Å². The molecule has 28 heavy (non-hydrogen) atoms. The monoisotopic (exact) mass is 396 g/mol. The molecule has 0 aliphatic heterocycles. The molecular formula is C21H24N4O2S. The summed E-state index contributed by atoms with van der Waals surface area (Å²) in [5.41, 5.74) is 4.80. The van der Waals surface area contributed by atoms with Crippen molar-refractivity contribution in [1.82, 2.24) is 15.3 Å². The van der Waals surface area contributed by atoms with Crippen molar-refractivity contribution in [3.8, 4) is 0 Å². The van der Waals surface area contributed by atoms with E-state index in [1.54, 1.807) is 0 Å². The lowest BCUT2D eigenvalue weighted by Gasteiger charge is -2.11. The lowest BCUT2D eigenvalue weighted by atomic mass is 10.1. The van der Waals surface area contributed by atoms with Crippen LogP contribution < -0.4 is 10.6 Å². The molecule has 0 fully saturated rings. The number of nitrogens with one attached hydrogen (secondary N) is 3. The summed E-state index contributed by atoms with van der Waals surface area (Å²) in [7, 11) is 0. The van der Waals surface area contributed by atoms with Crippen molar-refractivity contribution < 1.29 is 9.59 Å². The van der Waals surface area contributed by atoms with E-state index in [0.29, 0.717) is 0 Å². The van der Waals surface area contributed by atoms with Crippen LogP contribution in [0.1, 0.15) is 29.1 Å². The summed E-state index contributed by atoms with van der Waals surface area (Å²) in [6.07, 6.45) is 0. The average Bonchev–Trinajstić information content (AvgIpc) is 3.12. The molecule has 2 aromatic carbocycles. The summed E-state index contributed by atoms with van der Waals surface area (Å²) in [6.45, 7) is 5.90. The third-order valence-electron chi connectivity index (χ3n) is 4.58. The standard InChI is InChI=1S/C21H24N4O2S/c1-13-7-6-10-16(14(13)2)23-19(26)11-22-20(27)12-28-15(3)21-24-17-8-4-5-9-18(17)25-21/h4-10,15H,11-12H2,1-3H3,(H,22,27)(H,23,26)(H,24,25)/t15-/m1/s1. The normalized spacial score (nSPS) is 12.0. The van der Waals surface area contributed by atoms with Gasteiger partial charge >= 0.3 is 0 Å². The van der Waals surface area contributed by atoms with E-state index in [1.165, 1.54) is 11.8 Å². The van der Waals surface area contributed by atoms with E-state index in [9.17, 15) is 9.59 Å². The maximum atomic E-state index is 12.1. The third-order valence-corrected chi connectivity index (χ3v) is 5.73. The van der Waals surface area contributed by atoms with Gasteiger partial charge in [0.05, 0.1) is 28.6 Å². The second-order valence-electron chi connectivity index (χ2n) is 6.66. The zero-order valence-corrected chi connectivity index (χ0v) is 17.0. The number of nitrogens with zero attached hydrogens (tertiary/aromatic N) is 1. The Morgan fingerprint density at radius 3 is 2.68 bits per heavy atom. The molecule has 0 aliphatic carbocycles. The van der Waals surface area contributed by atoms with Crippen LogP contribution in [-0.4, -0.2) is 34.1 Å². The van der Waals surface area contributed by atoms with Gasteiger partial charge in [0.25, 0.3) is 0 Å². The molecule has 1 atom stereocenters. The van der Waals surface area contributed by atoms with Gasteiger partial charge in [-0.3, -0.25) is 9.59 Å². The number of imidazole rings is 1. The van der Waals surface area contributed by atoms with E-state index in [4.69, 9.17) is 0 Å². The van der Waals surface area contributed by atoms with Gasteiger partial charge < -0.3 is 15.6 Å². The summed E-state index contributed by atoms with van der Waals surface area (Å²) >= 11 is 1.48. The number of hydrogen-bond acceptors (Lipinski definition) is 4. The first kappa shape index (κ1) is 19.9. The number of carbonyl (C=O) groups is 2. The Morgan fingerprint density at radius 2 is 1.89 bits per heavy atom. The van der Waals surface area contributed by atoms with Crippen LogP contribution >= 0.6 is 11.8 Å². The second kappa shape index (κ2) is 8.93. The molecule has 6 nitrogen and oxygen atoms in total. The Balaban J connectivity index is 1.45. The number of benzene rings is 2. The third kappa shape index (κ3) is 4.92. The van der Waals surface area contributed by atoms with Crippen LogP contribution in [0.3, 0.4) is 0 Å². The fourth-order valence-corrected chi connectivity index (χ4v) is 3.53. The van der Waals surface area contributed by atoms with Crippen LogP contribution in [0.4, 0.5) is 5.69 Å². The number of carbonyl (C=O) groups excluding carboxylic acids is 2. The van der Waals surface area contributed by atoms with Gasteiger partial charge in [-0.05, 0) is 50.1 Å². The minimum absolute atomic E-state index is 0.0434. The molecule has 0 unspecified atom stereocenters. The first-order valence-electron chi connectivity index (χ1n) is 9.13. The highest BCUT2D eigenvalue weighted by atomic mass is 32.2. The summed E-state index contributed by atoms with van der Waals surface area (Å²) in [5.74, 6) is 0.683. The van der Waals surface area contributed by atoms with Crippen LogP contribution in [0, 0.1) is 13.8 Å². The van der Waals surface area contributed by atoms with Gasteiger partial charge in [0.2, 0.25) is 11.8 Å². The van der Waals surface area contributed by atoms with Crippen LogP contribution in [0.5, 0.6) is 0 Å². The second-order valence-corrected chi connectivity index (χ2v) is 7.99. The topological polar surface area (TPSA) is 86.9 Å². The molecule has 0 aliphatic rings. The first-order valence-corrected chi connectivity index (χ1v) is 10.2. The highest BCUT2D eigenvalue weighted by Crippen LogP contribution is 2.27. The number of thioether (sulfide) groups is 1.